The number of ether oxygens (including phenoxy) is 4. The lowest BCUT2D eigenvalue weighted by Crippen LogP contribution is -2.47. The second-order valence-corrected chi connectivity index (χ2v) is 17.2. The van der Waals surface area contributed by atoms with Gasteiger partial charge < -0.3 is 38.2 Å². The van der Waals surface area contributed by atoms with Gasteiger partial charge in [-0.25, -0.2) is 11.2 Å². The van der Waals surface area contributed by atoms with E-state index in [0.717, 1.165) is 28.2 Å². The summed E-state index contributed by atoms with van der Waals surface area (Å²) in [6.45, 7) is 18.2. The van der Waals surface area contributed by atoms with Gasteiger partial charge in [-0.2, -0.15) is 0 Å². The van der Waals surface area contributed by atoms with Crippen molar-refractivity contribution in [2.24, 2.45) is 5.92 Å². The van der Waals surface area contributed by atoms with Crippen LogP contribution >= 0.6 is 20.7 Å². The average Bonchev–Trinajstić information content (AvgIpc) is 3.70. The molecule has 0 saturated heterocycles. The Morgan fingerprint density at radius 1 is 0.690 bits per heavy atom. The van der Waals surface area contributed by atoms with Gasteiger partial charge in [-0.15, -0.1) is 0 Å². The van der Waals surface area contributed by atoms with Crippen LogP contribution in [0.4, 0.5) is 0 Å². The Kier molecular flexibility index (Phi) is 24.7. The van der Waals surface area contributed by atoms with E-state index in [9.17, 15) is 0 Å². The zero-order chi connectivity index (χ0) is 51.1. The third-order valence-electron chi connectivity index (χ3n) is 10.3. The molecule has 0 heterocycles. The molecule has 1 fully saturated rings. The van der Waals surface area contributed by atoms with E-state index >= 15 is 0 Å². The van der Waals surface area contributed by atoms with Crippen LogP contribution in [-0.4, -0.2) is 81.2 Å². The van der Waals surface area contributed by atoms with Gasteiger partial charge in [0.1, 0.15) is 29.8 Å². The fraction of sp³-hybridized carbons (Fsp3) is 0.322. The van der Waals surface area contributed by atoms with Gasteiger partial charge in [-0.3, -0.25) is 5.32 Å². The molecular formula is C59H53N4O6PS. The summed E-state index contributed by atoms with van der Waals surface area (Å²) in [4.78, 5) is 3.54. The second kappa shape index (κ2) is 31.4. The quantitative estimate of drug-likeness (QED) is 0.0254. The molecule has 0 spiro atoms. The summed E-state index contributed by atoms with van der Waals surface area (Å²) >= 11 is 5.75. The smallest absolute Gasteiger partial charge is 0.259 e. The first-order valence-corrected chi connectivity index (χ1v) is 23.9. The zero-order valence-electron chi connectivity index (χ0n) is 41.0. The van der Waals surface area contributed by atoms with Crippen molar-refractivity contribution in [3.05, 3.63) is 107 Å². The van der Waals surface area contributed by atoms with Crippen LogP contribution in [0.3, 0.4) is 0 Å². The van der Waals surface area contributed by atoms with E-state index in [2.05, 4.69) is 179 Å². The normalized spacial score (nSPS) is 15.2. The molecule has 4 rings (SSSR count). The maximum atomic E-state index is 7.44. The van der Waals surface area contributed by atoms with E-state index in [4.69, 9.17) is 46.8 Å². The minimum Gasteiger partial charge on any atom is -0.497 e. The predicted molar refractivity (Wildman–Crippen MR) is 285 cm³/mol. The van der Waals surface area contributed by atoms with Gasteiger partial charge in [-0.1, -0.05) is 60.5 Å². The summed E-state index contributed by atoms with van der Waals surface area (Å²) in [5.74, 6) is 50.3. The molecule has 71 heavy (non-hydrogen) atoms. The van der Waals surface area contributed by atoms with E-state index in [0.29, 0.717) is 6.42 Å². The van der Waals surface area contributed by atoms with Gasteiger partial charge in [-0.05, 0) is 142 Å². The number of nitrogens with one attached hydrogen (secondary N) is 2. The monoisotopic (exact) mass is 976 g/mol. The summed E-state index contributed by atoms with van der Waals surface area (Å²) in [6.07, 6.45) is -0.529. The lowest BCUT2D eigenvalue weighted by Gasteiger charge is -2.40. The number of benzene rings is 3. The van der Waals surface area contributed by atoms with Crippen LogP contribution in [0, 0.1) is 131 Å². The summed E-state index contributed by atoms with van der Waals surface area (Å²) in [5, 5.41) is 6.61. The predicted octanol–water partition coefficient (Wildman–Crippen LogP) is 7.56. The Morgan fingerprint density at radius 2 is 1.15 bits per heavy atom. The van der Waals surface area contributed by atoms with Crippen molar-refractivity contribution in [3.63, 3.8) is 0 Å². The van der Waals surface area contributed by atoms with Crippen molar-refractivity contribution in [1.29, 1.82) is 0 Å². The summed E-state index contributed by atoms with van der Waals surface area (Å²) in [5.41, 5.74) is 1.63. The first-order valence-electron chi connectivity index (χ1n) is 22.3. The zero-order valence-corrected chi connectivity index (χ0v) is 42.7. The van der Waals surface area contributed by atoms with Crippen molar-refractivity contribution in [3.8, 4) is 130 Å². The molecule has 2 unspecified atom stereocenters. The highest BCUT2D eigenvalue weighted by Gasteiger charge is 2.49. The molecule has 1 saturated carbocycles. The lowest BCUT2D eigenvalue weighted by molar-refractivity contribution is -0.0525. The molecule has 2 N–H and O–H groups in total. The molecule has 10 nitrogen and oxygen atoms in total. The van der Waals surface area contributed by atoms with E-state index in [1.54, 1.807) is 28.3 Å². The van der Waals surface area contributed by atoms with Crippen molar-refractivity contribution in [2.75, 3.05) is 41.1 Å². The lowest BCUT2D eigenvalue weighted by atomic mass is 9.79. The minimum absolute atomic E-state index is 0.0735. The molecule has 3 aromatic rings. The first kappa shape index (κ1) is 55.9. The fourth-order valence-electron chi connectivity index (χ4n) is 7.43. The van der Waals surface area contributed by atoms with E-state index in [1.807, 2.05) is 66.7 Å². The van der Waals surface area contributed by atoms with Crippen LogP contribution in [0.1, 0.15) is 57.7 Å². The Morgan fingerprint density at radius 3 is 1.59 bits per heavy atom. The van der Waals surface area contributed by atoms with Gasteiger partial charge in [0, 0.05) is 90.4 Å². The first-order chi connectivity index (χ1) is 34.6. The van der Waals surface area contributed by atoms with Gasteiger partial charge >= 0.3 is 0 Å². The molecule has 1 aliphatic rings. The summed E-state index contributed by atoms with van der Waals surface area (Å²) < 4.78 is 40.7. The van der Waals surface area contributed by atoms with Crippen molar-refractivity contribution >= 4 is 25.9 Å². The molecule has 356 valence electrons. The maximum absolute atomic E-state index is 7.44. The molecule has 0 bridgehead atoms. The molecule has 12 heteroatoms. The minimum atomic E-state index is -1.67. The molecule has 0 aliphatic heterocycles. The number of nitrogens with zero attached hydrogens (tertiary/aromatic N) is 2. The van der Waals surface area contributed by atoms with Gasteiger partial charge in [0.05, 0.1) is 33.0 Å². The molecule has 0 aromatic heterocycles. The number of hydrogen-bond acceptors (Lipinski definition) is 8. The SMILES string of the molecule is [C-]#[N+]CCOP(OC1[C@@H](COC(c2ccccc2)(c2ccc(OC)cc2)c2ccc(OC)cc2)C[C@@H](NC(=S)NC#CC#CC#CC#CC#CC#CC#CC#CC#CC#CC)[C@H]1OC)N(C(C)C)C(C)C. The molecular weight excluding hydrogens is 924 g/mol. The maximum Gasteiger partial charge on any atom is 0.259 e. The van der Waals surface area contributed by atoms with Crippen molar-refractivity contribution in [2.45, 2.75) is 77.0 Å². The van der Waals surface area contributed by atoms with Gasteiger partial charge in [0.2, 0.25) is 6.54 Å². The Hall–Kier alpha value is -7.73. The van der Waals surface area contributed by atoms with Gasteiger partial charge in [0.15, 0.2) is 5.11 Å². The number of hydrogen-bond donors (Lipinski definition) is 2. The third-order valence-corrected chi connectivity index (χ3v) is 12.7. The van der Waals surface area contributed by atoms with Crippen LogP contribution in [0.25, 0.3) is 4.85 Å². The number of thiocarbonyl (C=S) groups is 1. The van der Waals surface area contributed by atoms with Crippen LogP contribution in [-0.2, 0) is 24.1 Å². The highest BCUT2D eigenvalue weighted by molar-refractivity contribution is 7.80. The molecule has 1 aliphatic carbocycles. The second-order valence-electron chi connectivity index (χ2n) is 15.4. The largest absolute Gasteiger partial charge is 0.497 e. The Balaban J connectivity index is 1.62. The third kappa shape index (κ3) is 17.6. The van der Waals surface area contributed by atoms with Crippen LogP contribution < -0.4 is 20.1 Å². The molecule has 3 aromatic carbocycles. The molecule has 5 atom stereocenters. The van der Waals surface area contributed by atoms with E-state index < -0.39 is 26.3 Å². The Bertz CT molecular complexity index is 2920. The molecule has 0 amide bonds. The highest BCUT2D eigenvalue weighted by Crippen LogP contribution is 2.51. The fourth-order valence-corrected chi connectivity index (χ4v) is 9.42. The highest BCUT2D eigenvalue weighted by atomic mass is 32.1. The number of rotatable bonds is 18. The van der Waals surface area contributed by atoms with E-state index in [-0.39, 0.29) is 48.9 Å². The standard InChI is InChI=1S/C59H53N4O6PS/c1-10-11-12-13-14-15-16-17-18-19-20-21-22-23-24-25-26-27-31-42-61-58(71)62-55-45-49(56(57(55)66-9)69-70(68-44-43-60-6)63(47(2)3)48(4)5)46-67-59(50-32-29-28-30-33-50,51-34-38-53(64-7)39-35-51)52-36-40-54(65-8)41-37-52/h28-30,32-41,47-49,55-57H,43-46H2,1-5,7-9H3,(H2,61,62,71)/t49-,55-,56?,57-,70?/m1/s1. The summed E-state index contributed by atoms with van der Waals surface area (Å²) in [6, 6.07) is 28.6. The Labute approximate surface area is 428 Å². The average molecular weight is 977 g/mol. The van der Waals surface area contributed by atoms with Gasteiger partial charge in [0.25, 0.3) is 8.53 Å². The number of methoxy groups -OCH3 is 3. The van der Waals surface area contributed by atoms with Crippen molar-refractivity contribution in [1.82, 2.24) is 15.3 Å². The van der Waals surface area contributed by atoms with Crippen LogP contribution in [0.5, 0.6) is 11.5 Å². The van der Waals surface area contributed by atoms with Crippen molar-refractivity contribution < 1.29 is 28.0 Å². The molecule has 0 radical (unpaired) electrons. The summed E-state index contributed by atoms with van der Waals surface area (Å²) in [7, 11) is 3.28. The van der Waals surface area contributed by atoms with Crippen LogP contribution in [0.2, 0.25) is 0 Å². The van der Waals surface area contributed by atoms with E-state index in [1.165, 1.54) is 0 Å². The topological polar surface area (TPSA) is 87.0 Å². The van der Waals surface area contributed by atoms with Crippen LogP contribution in [0.15, 0.2) is 78.9 Å².